The van der Waals surface area contributed by atoms with Crippen LogP contribution in [0, 0.1) is 0 Å². The smallest absolute Gasteiger partial charge is 0.309 e. The molecule has 0 saturated carbocycles. The third-order valence-corrected chi connectivity index (χ3v) is 13.2. The summed E-state index contributed by atoms with van der Waals surface area (Å²) in [7, 11) is -0.796. The monoisotopic (exact) mass is 628 g/mol. The molecule has 1 atom stereocenters. The minimum absolute atomic E-state index is 0.00367. The first-order chi connectivity index (χ1) is 21.2. The maximum absolute atomic E-state index is 12.5. The fourth-order valence-corrected chi connectivity index (χ4v) is 6.44. The van der Waals surface area contributed by atoms with E-state index in [9.17, 15) is 9.59 Å². The molecule has 0 amide bonds. The Morgan fingerprint density at radius 3 is 2.27 bits per heavy atom. The maximum Gasteiger partial charge on any atom is 0.309 e. The summed E-state index contributed by atoms with van der Waals surface area (Å²) in [6, 6.07) is 25.5. The highest BCUT2D eigenvalue weighted by molar-refractivity contribution is 6.74. The molecule has 0 unspecified atom stereocenters. The largest absolute Gasteiger partial charge is 0.487 e. The van der Waals surface area contributed by atoms with E-state index in [0.29, 0.717) is 24.4 Å². The molecule has 240 valence electrons. The average Bonchev–Trinajstić information content (AvgIpc) is 2.98. The fourth-order valence-electron chi connectivity index (χ4n) is 5.16. The van der Waals surface area contributed by atoms with Crippen LogP contribution in [0.1, 0.15) is 63.0 Å². The molecule has 0 spiro atoms. The van der Waals surface area contributed by atoms with Crippen molar-refractivity contribution in [2.75, 3.05) is 13.7 Å². The number of hydrogen-bond donors (Lipinski definition) is 2. The van der Waals surface area contributed by atoms with Gasteiger partial charge < -0.3 is 24.2 Å². The molecule has 0 radical (unpaired) electrons. The number of aromatic amines is 1. The van der Waals surface area contributed by atoms with Crippen LogP contribution < -0.4 is 15.6 Å². The topological polar surface area (TPSA) is 89.7 Å². The molecule has 8 heteroatoms. The number of aromatic nitrogens is 1. The number of pyridine rings is 1. The van der Waals surface area contributed by atoms with Gasteiger partial charge in [0.05, 0.1) is 25.2 Å². The van der Waals surface area contributed by atoms with Gasteiger partial charge in [0, 0.05) is 23.5 Å². The van der Waals surface area contributed by atoms with Gasteiger partial charge in [0.15, 0.2) is 8.32 Å². The van der Waals surface area contributed by atoms with Gasteiger partial charge in [-0.2, -0.15) is 0 Å². The standard InChI is InChI=1S/C37H48N2O5Si/c1-36(2,3)45(7,8)44-32(24-38-37(4,5)23-28-16-12-15-27(21-28)22-34(41)42-6)29-17-19-31(35-30(29)18-20-33(40)39-35)43-25-26-13-10-9-11-14-26/h9-21,32,38H,22-25H2,1-8H3,(H,39,40)/t32-/m0/s1. The molecule has 0 bridgehead atoms. The van der Waals surface area contributed by atoms with Crippen LogP contribution in [0.15, 0.2) is 83.7 Å². The highest BCUT2D eigenvalue weighted by Gasteiger charge is 2.40. The molecule has 0 saturated heterocycles. The molecule has 1 aromatic heterocycles. The van der Waals surface area contributed by atoms with Gasteiger partial charge in [-0.15, -0.1) is 0 Å². The second-order valence-corrected chi connectivity index (χ2v) is 18.7. The van der Waals surface area contributed by atoms with E-state index in [1.165, 1.54) is 7.11 Å². The molecular formula is C37H48N2O5Si. The number of carbonyl (C=O) groups is 1. The zero-order valence-corrected chi connectivity index (χ0v) is 29.0. The Morgan fingerprint density at radius 1 is 0.889 bits per heavy atom. The molecule has 45 heavy (non-hydrogen) atoms. The van der Waals surface area contributed by atoms with Crippen molar-refractivity contribution in [1.29, 1.82) is 0 Å². The number of ether oxygens (including phenoxy) is 2. The van der Waals surface area contributed by atoms with Crippen LogP contribution >= 0.6 is 0 Å². The lowest BCUT2D eigenvalue weighted by molar-refractivity contribution is -0.139. The number of rotatable bonds is 13. The summed E-state index contributed by atoms with van der Waals surface area (Å²) in [6.45, 7) is 16.6. The number of nitrogens with one attached hydrogen (secondary N) is 2. The van der Waals surface area contributed by atoms with Crippen LogP contribution in [0.2, 0.25) is 18.1 Å². The SMILES string of the molecule is COC(=O)Cc1cccc(CC(C)(C)NC[C@H](O[Si](C)(C)C(C)(C)C)c2ccc(OCc3ccccc3)c3[nH]c(=O)ccc23)c1. The Morgan fingerprint density at radius 2 is 1.58 bits per heavy atom. The quantitative estimate of drug-likeness (QED) is 0.118. The summed E-state index contributed by atoms with van der Waals surface area (Å²) in [5.41, 5.74) is 4.34. The molecule has 0 fully saturated rings. The van der Waals surface area contributed by atoms with E-state index in [2.05, 4.69) is 76.2 Å². The fraction of sp³-hybridized carbons (Fsp3) is 0.405. The molecule has 4 aromatic rings. The lowest BCUT2D eigenvalue weighted by Crippen LogP contribution is -2.47. The van der Waals surface area contributed by atoms with E-state index in [1.54, 1.807) is 6.07 Å². The van der Waals surface area contributed by atoms with Crippen molar-refractivity contribution in [1.82, 2.24) is 10.3 Å². The first-order valence-corrected chi connectivity index (χ1v) is 18.5. The van der Waals surface area contributed by atoms with E-state index < -0.39 is 8.32 Å². The molecule has 0 aliphatic rings. The van der Waals surface area contributed by atoms with Gasteiger partial charge in [0.1, 0.15) is 12.4 Å². The van der Waals surface area contributed by atoms with Gasteiger partial charge in [-0.3, -0.25) is 9.59 Å². The van der Waals surface area contributed by atoms with Crippen molar-refractivity contribution in [2.45, 2.75) is 83.8 Å². The van der Waals surface area contributed by atoms with Crippen LogP contribution in [0.25, 0.3) is 10.9 Å². The second kappa shape index (κ2) is 14.1. The molecular weight excluding hydrogens is 581 g/mol. The third-order valence-electron chi connectivity index (χ3n) is 8.70. The zero-order valence-electron chi connectivity index (χ0n) is 28.0. The van der Waals surface area contributed by atoms with Gasteiger partial charge in [-0.05, 0) is 72.8 Å². The van der Waals surface area contributed by atoms with Crippen LogP contribution in [0.5, 0.6) is 5.75 Å². The highest BCUT2D eigenvalue weighted by atomic mass is 28.4. The number of benzene rings is 3. The normalized spacial score (nSPS) is 13.1. The lowest BCUT2D eigenvalue weighted by atomic mass is 9.93. The van der Waals surface area contributed by atoms with Crippen LogP contribution in [-0.2, 0) is 33.4 Å². The first-order valence-electron chi connectivity index (χ1n) is 15.6. The Hall–Kier alpha value is -3.72. The van der Waals surface area contributed by atoms with E-state index in [4.69, 9.17) is 13.9 Å². The Kier molecular flexibility index (Phi) is 10.7. The Labute approximate surface area is 268 Å². The summed E-state index contributed by atoms with van der Waals surface area (Å²) in [5.74, 6) is 0.377. The van der Waals surface area contributed by atoms with Crippen LogP contribution in [0.4, 0.5) is 0 Å². The van der Waals surface area contributed by atoms with Crippen molar-refractivity contribution in [3.63, 3.8) is 0 Å². The minimum Gasteiger partial charge on any atom is -0.487 e. The van der Waals surface area contributed by atoms with Crippen molar-refractivity contribution in [2.24, 2.45) is 0 Å². The van der Waals surface area contributed by atoms with Crippen LogP contribution in [-0.4, -0.2) is 38.5 Å². The molecule has 1 heterocycles. The second-order valence-electron chi connectivity index (χ2n) is 13.9. The number of hydrogen-bond acceptors (Lipinski definition) is 6. The predicted molar refractivity (Wildman–Crippen MR) is 184 cm³/mol. The molecule has 3 aromatic carbocycles. The molecule has 7 nitrogen and oxygen atoms in total. The predicted octanol–water partition coefficient (Wildman–Crippen LogP) is 7.50. The van der Waals surface area contributed by atoms with E-state index in [1.807, 2.05) is 54.6 Å². The molecule has 0 aliphatic carbocycles. The summed E-state index contributed by atoms with van der Waals surface area (Å²) in [6.07, 6.45) is 0.739. The van der Waals surface area contributed by atoms with Crippen molar-refractivity contribution in [3.05, 3.63) is 111 Å². The summed E-state index contributed by atoms with van der Waals surface area (Å²) >= 11 is 0. The van der Waals surface area contributed by atoms with Crippen molar-refractivity contribution < 1.29 is 18.7 Å². The van der Waals surface area contributed by atoms with Gasteiger partial charge in [0.2, 0.25) is 5.56 Å². The number of esters is 1. The highest BCUT2D eigenvalue weighted by Crippen LogP contribution is 2.41. The van der Waals surface area contributed by atoms with E-state index >= 15 is 0 Å². The molecule has 2 N–H and O–H groups in total. The third kappa shape index (κ3) is 9.16. The van der Waals surface area contributed by atoms with Crippen LogP contribution in [0.3, 0.4) is 0 Å². The van der Waals surface area contributed by atoms with Gasteiger partial charge in [-0.25, -0.2) is 0 Å². The lowest BCUT2D eigenvalue weighted by Gasteiger charge is -2.40. The van der Waals surface area contributed by atoms with Gasteiger partial charge in [-0.1, -0.05) is 81.4 Å². The molecule has 0 aliphatic heterocycles. The van der Waals surface area contributed by atoms with Crippen molar-refractivity contribution in [3.8, 4) is 5.75 Å². The number of carbonyl (C=O) groups excluding carboxylic acids is 1. The zero-order chi connectivity index (χ0) is 32.8. The van der Waals surface area contributed by atoms with Gasteiger partial charge in [0.25, 0.3) is 0 Å². The summed E-state index contributed by atoms with van der Waals surface area (Å²) in [5, 5.41) is 4.70. The first kappa shape index (κ1) is 34.2. The summed E-state index contributed by atoms with van der Waals surface area (Å²) in [4.78, 5) is 27.4. The molecule has 4 rings (SSSR count). The minimum atomic E-state index is -2.21. The Bertz CT molecular complexity index is 1660. The average molecular weight is 629 g/mol. The van der Waals surface area contributed by atoms with E-state index in [-0.39, 0.29) is 34.6 Å². The van der Waals surface area contributed by atoms with Gasteiger partial charge >= 0.3 is 5.97 Å². The summed E-state index contributed by atoms with van der Waals surface area (Å²) < 4.78 is 18.2. The maximum atomic E-state index is 12.5. The number of methoxy groups -OCH3 is 1. The number of H-pyrrole nitrogens is 1. The van der Waals surface area contributed by atoms with E-state index in [0.717, 1.165) is 34.1 Å². The Balaban J connectivity index is 1.64. The van der Waals surface area contributed by atoms with Crippen molar-refractivity contribution >= 4 is 25.2 Å². The number of fused-ring (bicyclic) bond motifs is 1.